The molecule has 3 aromatic rings. The number of nitrogens with zero attached hydrogens (tertiary/aromatic N) is 4. The minimum atomic E-state index is -0.122. The van der Waals surface area contributed by atoms with Gasteiger partial charge in [0.25, 0.3) is 5.56 Å². The predicted molar refractivity (Wildman–Crippen MR) is 101 cm³/mol. The van der Waals surface area contributed by atoms with Crippen LogP contribution in [0.3, 0.4) is 0 Å². The lowest BCUT2D eigenvalue weighted by molar-refractivity contribution is -0.132. The topological polar surface area (TPSA) is 58.4 Å². The van der Waals surface area contributed by atoms with E-state index in [-0.39, 0.29) is 18.0 Å². The maximum Gasteiger partial charge on any atom is 0.258 e. The average Bonchev–Trinajstić information content (AvgIpc) is 2.71. The summed E-state index contributed by atoms with van der Waals surface area (Å²) in [6.07, 6.45) is 3.48. The molecule has 6 nitrogen and oxygen atoms in total. The first-order valence-electron chi connectivity index (χ1n) is 8.74. The second-order valence-corrected chi connectivity index (χ2v) is 6.39. The fourth-order valence-electron chi connectivity index (χ4n) is 3.33. The van der Waals surface area contributed by atoms with Crippen LogP contribution in [0.25, 0.3) is 10.8 Å². The molecule has 132 valence electrons. The minimum Gasteiger partial charge on any atom is -0.353 e. The Morgan fingerprint density at radius 2 is 1.73 bits per heavy atom. The Morgan fingerprint density at radius 3 is 2.50 bits per heavy atom. The molecule has 0 radical (unpaired) electrons. The zero-order valence-corrected chi connectivity index (χ0v) is 14.4. The third-order valence-electron chi connectivity index (χ3n) is 4.80. The Hall–Kier alpha value is -3.15. The summed E-state index contributed by atoms with van der Waals surface area (Å²) in [5.74, 6) is 0.911. The maximum atomic E-state index is 12.6. The number of pyridine rings is 2. The molecular formula is C20H20N4O2. The molecule has 0 bridgehead atoms. The van der Waals surface area contributed by atoms with Crippen molar-refractivity contribution in [3.8, 4) is 0 Å². The second kappa shape index (κ2) is 7.00. The fraction of sp³-hybridized carbons (Fsp3) is 0.250. The van der Waals surface area contributed by atoms with Gasteiger partial charge in [0.05, 0.1) is 0 Å². The van der Waals surface area contributed by atoms with Crippen molar-refractivity contribution in [2.24, 2.45) is 0 Å². The lowest BCUT2D eigenvalue weighted by atomic mass is 10.2. The molecule has 4 rings (SSSR count). The summed E-state index contributed by atoms with van der Waals surface area (Å²) in [6, 6.07) is 15.2. The normalized spacial score (nSPS) is 14.6. The molecule has 0 saturated carbocycles. The third-order valence-corrected chi connectivity index (χ3v) is 4.80. The van der Waals surface area contributed by atoms with Gasteiger partial charge in [-0.25, -0.2) is 4.98 Å². The standard InChI is InChI=1S/C20H20N4O2/c25-19(15-24-10-8-16-5-1-2-6-17(16)20(24)26)23-13-11-22(12-14-23)18-7-3-4-9-21-18/h1-10H,11-15H2. The van der Waals surface area contributed by atoms with Crippen molar-refractivity contribution in [3.63, 3.8) is 0 Å². The zero-order valence-electron chi connectivity index (χ0n) is 14.4. The minimum absolute atomic E-state index is 0.0250. The van der Waals surface area contributed by atoms with Gasteiger partial charge in [-0.1, -0.05) is 24.3 Å². The van der Waals surface area contributed by atoms with Crippen molar-refractivity contribution in [1.82, 2.24) is 14.5 Å². The molecule has 1 saturated heterocycles. The number of amides is 1. The van der Waals surface area contributed by atoms with Crippen LogP contribution in [0.1, 0.15) is 0 Å². The van der Waals surface area contributed by atoms with E-state index in [1.807, 2.05) is 47.4 Å². The first kappa shape index (κ1) is 16.3. The van der Waals surface area contributed by atoms with E-state index in [1.54, 1.807) is 18.5 Å². The van der Waals surface area contributed by atoms with Gasteiger partial charge in [0, 0.05) is 44.0 Å². The molecule has 0 N–H and O–H groups in total. The van der Waals surface area contributed by atoms with Crippen molar-refractivity contribution in [3.05, 3.63) is 71.3 Å². The highest BCUT2D eigenvalue weighted by molar-refractivity contribution is 5.82. The molecule has 26 heavy (non-hydrogen) atoms. The molecular weight excluding hydrogens is 328 g/mol. The van der Waals surface area contributed by atoms with Crippen LogP contribution in [0.2, 0.25) is 0 Å². The first-order chi connectivity index (χ1) is 12.7. The number of anilines is 1. The van der Waals surface area contributed by atoms with Gasteiger partial charge in [-0.3, -0.25) is 9.59 Å². The molecule has 1 aliphatic heterocycles. The van der Waals surface area contributed by atoms with E-state index in [9.17, 15) is 9.59 Å². The van der Waals surface area contributed by atoms with Crippen molar-refractivity contribution < 1.29 is 4.79 Å². The summed E-state index contributed by atoms with van der Waals surface area (Å²) in [6.45, 7) is 2.84. The van der Waals surface area contributed by atoms with Gasteiger partial charge in [-0.05, 0) is 29.7 Å². The Bertz CT molecular complexity index is 976. The summed E-state index contributed by atoms with van der Waals surface area (Å²) < 4.78 is 1.50. The van der Waals surface area contributed by atoms with Gasteiger partial charge in [0.2, 0.25) is 5.91 Å². The average molecular weight is 348 g/mol. The van der Waals surface area contributed by atoms with Crippen LogP contribution in [0, 0.1) is 0 Å². The largest absolute Gasteiger partial charge is 0.353 e. The monoisotopic (exact) mass is 348 g/mol. The smallest absolute Gasteiger partial charge is 0.258 e. The van der Waals surface area contributed by atoms with Crippen molar-refractivity contribution in [2.75, 3.05) is 31.1 Å². The van der Waals surface area contributed by atoms with Gasteiger partial charge in [-0.2, -0.15) is 0 Å². The Kier molecular flexibility index (Phi) is 4.39. The molecule has 0 atom stereocenters. The molecule has 1 aliphatic rings. The predicted octanol–water partition coefficient (Wildman–Crippen LogP) is 1.75. The molecule has 0 aliphatic carbocycles. The van der Waals surface area contributed by atoms with E-state index < -0.39 is 0 Å². The summed E-state index contributed by atoms with van der Waals surface area (Å²) in [5, 5.41) is 1.54. The van der Waals surface area contributed by atoms with Crippen LogP contribution in [0.15, 0.2) is 65.7 Å². The zero-order chi connectivity index (χ0) is 17.9. The third kappa shape index (κ3) is 3.18. The lowest BCUT2D eigenvalue weighted by Gasteiger charge is -2.35. The highest BCUT2D eigenvalue weighted by Gasteiger charge is 2.22. The van der Waals surface area contributed by atoms with Gasteiger partial charge < -0.3 is 14.4 Å². The van der Waals surface area contributed by atoms with Crippen molar-refractivity contribution >= 4 is 22.5 Å². The van der Waals surface area contributed by atoms with Crippen molar-refractivity contribution in [2.45, 2.75) is 6.54 Å². The highest BCUT2D eigenvalue weighted by atomic mass is 16.2. The highest BCUT2D eigenvalue weighted by Crippen LogP contribution is 2.13. The molecule has 3 heterocycles. The number of hydrogen-bond acceptors (Lipinski definition) is 4. The van der Waals surface area contributed by atoms with Crippen LogP contribution in [-0.2, 0) is 11.3 Å². The molecule has 1 aromatic carbocycles. The van der Waals surface area contributed by atoms with E-state index >= 15 is 0 Å². The quantitative estimate of drug-likeness (QED) is 0.724. The van der Waals surface area contributed by atoms with Crippen LogP contribution in [-0.4, -0.2) is 46.5 Å². The number of aromatic nitrogens is 2. The number of carbonyl (C=O) groups is 1. The summed E-state index contributed by atoms with van der Waals surface area (Å²) in [5.41, 5.74) is -0.122. The lowest BCUT2D eigenvalue weighted by Crippen LogP contribution is -2.50. The number of benzene rings is 1. The number of carbonyl (C=O) groups excluding carboxylic acids is 1. The Labute approximate surface area is 151 Å². The van der Waals surface area contributed by atoms with Crippen LogP contribution in [0.5, 0.6) is 0 Å². The van der Waals surface area contributed by atoms with Crippen LogP contribution in [0.4, 0.5) is 5.82 Å². The summed E-state index contributed by atoms with van der Waals surface area (Å²) in [4.78, 5) is 33.5. The van der Waals surface area contributed by atoms with Crippen molar-refractivity contribution in [1.29, 1.82) is 0 Å². The van der Waals surface area contributed by atoms with E-state index in [1.165, 1.54) is 4.57 Å². The van der Waals surface area contributed by atoms with Gasteiger partial charge in [0.15, 0.2) is 0 Å². The Morgan fingerprint density at radius 1 is 0.962 bits per heavy atom. The van der Waals surface area contributed by atoms with Gasteiger partial charge in [-0.15, -0.1) is 0 Å². The maximum absolute atomic E-state index is 12.6. The number of fused-ring (bicyclic) bond motifs is 1. The van der Waals surface area contributed by atoms with E-state index in [0.29, 0.717) is 18.5 Å². The second-order valence-electron chi connectivity index (χ2n) is 6.39. The first-order valence-corrected chi connectivity index (χ1v) is 8.74. The summed E-state index contributed by atoms with van der Waals surface area (Å²) >= 11 is 0. The molecule has 1 fully saturated rings. The number of hydrogen-bond donors (Lipinski definition) is 0. The van der Waals surface area contributed by atoms with Crippen LogP contribution < -0.4 is 10.5 Å². The van der Waals surface area contributed by atoms with Crippen LogP contribution >= 0.6 is 0 Å². The van der Waals surface area contributed by atoms with Gasteiger partial charge in [0.1, 0.15) is 12.4 Å². The van der Waals surface area contributed by atoms with Gasteiger partial charge >= 0.3 is 0 Å². The molecule has 6 heteroatoms. The number of rotatable bonds is 3. The molecule has 0 unspecified atom stereocenters. The number of piperazine rings is 1. The Balaban J connectivity index is 1.43. The summed E-state index contributed by atoms with van der Waals surface area (Å²) in [7, 11) is 0. The van der Waals surface area contributed by atoms with E-state index in [0.717, 1.165) is 24.3 Å². The van der Waals surface area contributed by atoms with E-state index in [2.05, 4.69) is 9.88 Å². The fourth-order valence-corrected chi connectivity index (χ4v) is 3.33. The molecule has 0 spiro atoms. The van der Waals surface area contributed by atoms with E-state index in [4.69, 9.17) is 0 Å². The molecule has 2 aromatic heterocycles. The SMILES string of the molecule is O=C(Cn1ccc2ccccc2c1=O)N1CCN(c2ccccn2)CC1. The molecule has 1 amide bonds.